The number of ether oxygens (including phenoxy) is 1. The Morgan fingerprint density at radius 2 is 1.92 bits per heavy atom. The van der Waals surface area contributed by atoms with Crippen molar-refractivity contribution in [3.63, 3.8) is 0 Å². The average Bonchev–Trinajstić information content (AvgIpc) is 2.60. The van der Waals surface area contributed by atoms with Gasteiger partial charge >= 0.3 is 0 Å². The Balaban J connectivity index is 1.81. The molecule has 2 N–H and O–H groups in total. The highest BCUT2D eigenvalue weighted by molar-refractivity contribution is 5.79. The molecular formula is C20H34N4O. The van der Waals surface area contributed by atoms with E-state index in [2.05, 4.69) is 66.4 Å². The molecule has 0 aromatic heterocycles. The molecule has 1 aliphatic heterocycles. The summed E-state index contributed by atoms with van der Waals surface area (Å²) in [7, 11) is 1.83. The van der Waals surface area contributed by atoms with Crippen LogP contribution in [-0.4, -0.2) is 56.2 Å². The number of guanidine groups is 1. The summed E-state index contributed by atoms with van der Waals surface area (Å²) in [4.78, 5) is 6.84. The summed E-state index contributed by atoms with van der Waals surface area (Å²) in [6.45, 7) is 12.5. The van der Waals surface area contributed by atoms with E-state index in [0.717, 1.165) is 44.4 Å². The number of hydrogen-bond donors (Lipinski definition) is 2. The zero-order valence-electron chi connectivity index (χ0n) is 16.4. The third-order valence-corrected chi connectivity index (χ3v) is 4.81. The SMILES string of the molecule is CN=C(NCCN(C(C)C)C(C)C)NCC1CCOc2ccccc21. The Labute approximate surface area is 152 Å². The van der Waals surface area contributed by atoms with Gasteiger partial charge < -0.3 is 15.4 Å². The first-order valence-electron chi connectivity index (χ1n) is 9.45. The molecule has 0 saturated carbocycles. The lowest BCUT2D eigenvalue weighted by atomic mass is 9.93. The first kappa shape index (κ1) is 19.6. The molecule has 140 valence electrons. The van der Waals surface area contributed by atoms with Crippen molar-refractivity contribution in [1.82, 2.24) is 15.5 Å². The molecule has 5 nitrogen and oxygen atoms in total. The third kappa shape index (κ3) is 5.63. The van der Waals surface area contributed by atoms with Gasteiger partial charge in [0.1, 0.15) is 5.75 Å². The molecule has 25 heavy (non-hydrogen) atoms. The summed E-state index contributed by atoms with van der Waals surface area (Å²) in [5.41, 5.74) is 1.29. The molecule has 0 radical (unpaired) electrons. The number of fused-ring (bicyclic) bond motifs is 1. The highest BCUT2D eigenvalue weighted by Crippen LogP contribution is 2.32. The second kappa shape index (κ2) is 9.66. The smallest absolute Gasteiger partial charge is 0.191 e. The lowest BCUT2D eigenvalue weighted by molar-refractivity contribution is 0.178. The molecule has 1 heterocycles. The Bertz CT molecular complexity index is 548. The standard InChI is InChI=1S/C20H34N4O/c1-15(2)24(16(3)4)12-11-22-20(21-5)23-14-17-10-13-25-19-9-7-6-8-18(17)19/h6-9,15-17H,10-14H2,1-5H3,(H2,21,22,23). The van der Waals surface area contributed by atoms with Gasteiger partial charge in [-0.1, -0.05) is 18.2 Å². The second-order valence-corrected chi connectivity index (χ2v) is 7.18. The van der Waals surface area contributed by atoms with Crippen molar-refractivity contribution in [3.8, 4) is 5.75 Å². The highest BCUT2D eigenvalue weighted by Gasteiger charge is 2.21. The Morgan fingerprint density at radius 1 is 1.20 bits per heavy atom. The van der Waals surface area contributed by atoms with Crippen LogP contribution >= 0.6 is 0 Å². The van der Waals surface area contributed by atoms with Gasteiger partial charge in [-0.3, -0.25) is 9.89 Å². The molecule has 0 fully saturated rings. The molecule has 1 unspecified atom stereocenters. The van der Waals surface area contributed by atoms with E-state index in [1.165, 1.54) is 5.56 Å². The van der Waals surface area contributed by atoms with Gasteiger partial charge in [0, 0.05) is 44.7 Å². The lowest BCUT2D eigenvalue weighted by Crippen LogP contribution is -2.46. The maximum atomic E-state index is 5.74. The summed E-state index contributed by atoms with van der Waals surface area (Å²) in [6, 6.07) is 9.44. The molecule has 0 amide bonds. The van der Waals surface area contributed by atoms with Gasteiger partial charge in [-0.15, -0.1) is 0 Å². The van der Waals surface area contributed by atoms with Crippen molar-refractivity contribution in [2.24, 2.45) is 4.99 Å². The summed E-state index contributed by atoms with van der Waals surface area (Å²) < 4.78 is 5.74. The van der Waals surface area contributed by atoms with Crippen LogP contribution < -0.4 is 15.4 Å². The van der Waals surface area contributed by atoms with E-state index in [4.69, 9.17) is 4.74 Å². The van der Waals surface area contributed by atoms with Gasteiger partial charge in [0.2, 0.25) is 0 Å². The van der Waals surface area contributed by atoms with Gasteiger partial charge in [-0.05, 0) is 45.7 Å². The largest absolute Gasteiger partial charge is 0.493 e. The van der Waals surface area contributed by atoms with Gasteiger partial charge in [-0.25, -0.2) is 0 Å². The number of nitrogens with zero attached hydrogens (tertiary/aromatic N) is 2. The minimum absolute atomic E-state index is 0.464. The van der Waals surface area contributed by atoms with Crippen LogP contribution in [0.25, 0.3) is 0 Å². The van der Waals surface area contributed by atoms with Crippen molar-refractivity contribution in [3.05, 3.63) is 29.8 Å². The number of benzene rings is 1. The summed E-state index contributed by atoms with van der Waals surface area (Å²) in [5, 5.41) is 6.92. The molecule has 0 bridgehead atoms. The maximum absolute atomic E-state index is 5.74. The molecule has 0 aliphatic carbocycles. The van der Waals surface area contributed by atoms with Crippen LogP contribution in [0.2, 0.25) is 0 Å². The van der Waals surface area contributed by atoms with Crippen LogP contribution in [0.4, 0.5) is 0 Å². The fraction of sp³-hybridized carbons (Fsp3) is 0.650. The van der Waals surface area contributed by atoms with Gasteiger partial charge in [0.25, 0.3) is 0 Å². The van der Waals surface area contributed by atoms with Crippen LogP contribution in [-0.2, 0) is 0 Å². The minimum atomic E-state index is 0.464. The molecule has 1 aromatic carbocycles. The van der Waals surface area contributed by atoms with E-state index in [9.17, 15) is 0 Å². The predicted octanol–water partition coefficient (Wildman–Crippen LogP) is 2.84. The first-order valence-corrected chi connectivity index (χ1v) is 9.45. The molecule has 1 aromatic rings. The first-order chi connectivity index (χ1) is 12.0. The van der Waals surface area contributed by atoms with Crippen LogP contribution in [0.1, 0.15) is 45.6 Å². The molecule has 5 heteroatoms. The third-order valence-electron chi connectivity index (χ3n) is 4.81. The number of nitrogens with one attached hydrogen (secondary N) is 2. The lowest BCUT2D eigenvalue weighted by Gasteiger charge is -2.31. The average molecular weight is 347 g/mol. The Hall–Kier alpha value is -1.75. The Kier molecular flexibility index (Phi) is 7.56. The number of rotatable bonds is 7. The van der Waals surface area contributed by atoms with Gasteiger partial charge in [-0.2, -0.15) is 0 Å². The van der Waals surface area contributed by atoms with Crippen molar-refractivity contribution >= 4 is 5.96 Å². The van der Waals surface area contributed by atoms with Crippen molar-refractivity contribution in [1.29, 1.82) is 0 Å². The predicted molar refractivity (Wildman–Crippen MR) is 106 cm³/mol. The summed E-state index contributed by atoms with van der Waals surface area (Å²) >= 11 is 0. The van der Waals surface area contributed by atoms with Gasteiger partial charge in [0.15, 0.2) is 5.96 Å². The van der Waals surface area contributed by atoms with Crippen molar-refractivity contribution in [2.75, 3.05) is 33.3 Å². The molecule has 1 aliphatic rings. The van der Waals surface area contributed by atoms with E-state index in [1.807, 2.05) is 13.1 Å². The zero-order valence-corrected chi connectivity index (χ0v) is 16.4. The summed E-state index contributed by atoms with van der Waals surface area (Å²) in [6.07, 6.45) is 1.04. The van der Waals surface area contributed by atoms with Crippen molar-refractivity contribution in [2.45, 2.75) is 52.1 Å². The van der Waals surface area contributed by atoms with E-state index < -0.39 is 0 Å². The van der Waals surface area contributed by atoms with E-state index in [1.54, 1.807) is 0 Å². The fourth-order valence-electron chi connectivity index (χ4n) is 3.48. The van der Waals surface area contributed by atoms with Crippen LogP contribution in [0.15, 0.2) is 29.3 Å². The van der Waals surface area contributed by atoms with Crippen LogP contribution in [0.3, 0.4) is 0 Å². The topological polar surface area (TPSA) is 48.9 Å². The van der Waals surface area contributed by atoms with Crippen molar-refractivity contribution < 1.29 is 4.74 Å². The highest BCUT2D eigenvalue weighted by atomic mass is 16.5. The number of hydrogen-bond acceptors (Lipinski definition) is 3. The normalized spacial score (nSPS) is 17.6. The molecule has 2 rings (SSSR count). The zero-order chi connectivity index (χ0) is 18.2. The van der Waals surface area contributed by atoms with Crippen LogP contribution in [0, 0.1) is 0 Å². The number of para-hydroxylation sites is 1. The number of aliphatic imine (C=N–C) groups is 1. The summed E-state index contributed by atoms with van der Waals surface area (Å²) in [5.74, 6) is 2.36. The minimum Gasteiger partial charge on any atom is -0.493 e. The van der Waals surface area contributed by atoms with Gasteiger partial charge in [0.05, 0.1) is 6.61 Å². The van der Waals surface area contributed by atoms with E-state index in [0.29, 0.717) is 18.0 Å². The maximum Gasteiger partial charge on any atom is 0.191 e. The fourth-order valence-corrected chi connectivity index (χ4v) is 3.48. The van der Waals surface area contributed by atoms with E-state index >= 15 is 0 Å². The molecular weight excluding hydrogens is 312 g/mol. The second-order valence-electron chi connectivity index (χ2n) is 7.18. The Morgan fingerprint density at radius 3 is 2.60 bits per heavy atom. The molecule has 0 spiro atoms. The van der Waals surface area contributed by atoms with E-state index in [-0.39, 0.29) is 0 Å². The van der Waals surface area contributed by atoms with Crippen LogP contribution in [0.5, 0.6) is 5.75 Å². The molecule has 1 atom stereocenters. The molecule has 0 saturated heterocycles. The monoisotopic (exact) mass is 346 g/mol. The quantitative estimate of drug-likeness (QED) is 0.589.